The van der Waals surface area contributed by atoms with Gasteiger partial charge in [0.2, 0.25) is 10.0 Å². The first-order valence-electron chi connectivity index (χ1n) is 7.11. The standard InChI is InChI=1S/C15H24N2O2S/c1-15(2)8-5-10-17(11-9-15)20(18,19)12-13-6-3-4-7-14(13)16/h3-4,6-7H,5,8-12,16H2,1-2H3. The topological polar surface area (TPSA) is 63.4 Å². The number of nitrogens with two attached hydrogens (primary N) is 1. The van der Waals surface area contributed by atoms with Gasteiger partial charge in [0.1, 0.15) is 0 Å². The van der Waals surface area contributed by atoms with Gasteiger partial charge in [0, 0.05) is 18.8 Å². The van der Waals surface area contributed by atoms with Gasteiger partial charge >= 0.3 is 0 Å². The van der Waals surface area contributed by atoms with Gasteiger partial charge < -0.3 is 5.73 Å². The van der Waals surface area contributed by atoms with Crippen LogP contribution in [0.4, 0.5) is 5.69 Å². The Morgan fingerprint density at radius 3 is 2.60 bits per heavy atom. The molecule has 0 atom stereocenters. The van der Waals surface area contributed by atoms with Crippen LogP contribution in [0.2, 0.25) is 0 Å². The lowest BCUT2D eigenvalue weighted by Gasteiger charge is -2.23. The first-order valence-corrected chi connectivity index (χ1v) is 8.72. The van der Waals surface area contributed by atoms with E-state index in [0.717, 1.165) is 19.3 Å². The van der Waals surface area contributed by atoms with Crippen molar-refractivity contribution in [2.75, 3.05) is 18.8 Å². The number of benzene rings is 1. The van der Waals surface area contributed by atoms with Gasteiger partial charge in [-0.05, 0) is 36.3 Å². The number of anilines is 1. The zero-order valence-corrected chi connectivity index (χ0v) is 13.1. The molecule has 2 N–H and O–H groups in total. The van der Waals surface area contributed by atoms with E-state index in [1.807, 2.05) is 12.1 Å². The lowest BCUT2D eigenvalue weighted by atomic mass is 9.85. The van der Waals surface area contributed by atoms with Crippen molar-refractivity contribution in [3.63, 3.8) is 0 Å². The Labute approximate surface area is 122 Å². The molecule has 0 radical (unpaired) electrons. The molecule has 0 spiro atoms. The smallest absolute Gasteiger partial charge is 0.218 e. The highest BCUT2D eigenvalue weighted by Crippen LogP contribution is 2.31. The summed E-state index contributed by atoms with van der Waals surface area (Å²) >= 11 is 0. The van der Waals surface area contributed by atoms with Gasteiger partial charge in [-0.2, -0.15) is 0 Å². The molecule has 112 valence electrons. The summed E-state index contributed by atoms with van der Waals surface area (Å²) in [6.45, 7) is 5.65. The minimum atomic E-state index is -3.28. The van der Waals surface area contributed by atoms with Gasteiger partial charge in [-0.1, -0.05) is 32.0 Å². The Morgan fingerprint density at radius 2 is 1.90 bits per heavy atom. The molecule has 0 aliphatic carbocycles. The van der Waals surface area contributed by atoms with Gasteiger partial charge in [0.15, 0.2) is 0 Å². The summed E-state index contributed by atoms with van der Waals surface area (Å²) in [4.78, 5) is 0. The maximum atomic E-state index is 12.5. The molecule has 1 aliphatic rings. The zero-order chi connectivity index (χ0) is 14.8. The van der Waals surface area contributed by atoms with E-state index in [9.17, 15) is 8.42 Å². The van der Waals surface area contributed by atoms with Crippen LogP contribution in [0.3, 0.4) is 0 Å². The van der Waals surface area contributed by atoms with E-state index in [1.165, 1.54) is 0 Å². The molecule has 1 saturated heterocycles. The van der Waals surface area contributed by atoms with Crippen molar-refractivity contribution in [1.29, 1.82) is 0 Å². The highest BCUT2D eigenvalue weighted by atomic mass is 32.2. The van der Waals surface area contributed by atoms with Crippen LogP contribution < -0.4 is 5.73 Å². The summed E-state index contributed by atoms with van der Waals surface area (Å²) in [7, 11) is -3.28. The number of nitrogen functional groups attached to an aromatic ring is 1. The van der Waals surface area contributed by atoms with E-state index in [0.29, 0.717) is 24.3 Å². The maximum absolute atomic E-state index is 12.5. The van der Waals surface area contributed by atoms with E-state index in [4.69, 9.17) is 5.73 Å². The molecule has 1 aromatic rings. The zero-order valence-electron chi connectivity index (χ0n) is 12.3. The molecule has 1 fully saturated rings. The Balaban J connectivity index is 2.13. The van der Waals surface area contributed by atoms with Crippen molar-refractivity contribution in [3.05, 3.63) is 29.8 Å². The molecule has 0 unspecified atom stereocenters. The lowest BCUT2D eigenvalue weighted by Crippen LogP contribution is -2.33. The molecule has 0 saturated carbocycles. The first kappa shape index (κ1) is 15.3. The predicted molar refractivity (Wildman–Crippen MR) is 82.7 cm³/mol. The van der Waals surface area contributed by atoms with Crippen LogP contribution in [0, 0.1) is 5.41 Å². The number of nitrogens with zero attached hydrogens (tertiary/aromatic N) is 1. The number of hydrogen-bond acceptors (Lipinski definition) is 3. The summed E-state index contributed by atoms with van der Waals surface area (Å²) in [5, 5.41) is 0. The van der Waals surface area contributed by atoms with Gasteiger partial charge in [-0.3, -0.25) is 0 Å². The van der Waals surface area contributed by atoms with Crippen LogP contribution >= 0.6 is 0 Å². The van der Waals surface area contributed by atoms with E-state index < -0.39 is 10.0 Å². The van der Waals surface area contributed by atoms with Crippen LogP contribution in [-0.2, 0) is 15.8 Å². The summed E-state index contributed by atoms with van der Waals surface area (Å²) in [5.74, 6) is 0.000101. The number of hydrogen-bond donors (Lipinski definition) is 1. The SMILES string of the molecule is CC1(C)CCCN(S(=O)(=O)Cc2ccccc2N)CC1. The van der Waals surface area contributed by atoms with Gasteiger partial charge in [0.25, 0.3) is 0 Å². The fourth-order valence-electron chi connectivity index (χ4n) is 2.63. The summed E-state index contributed by atoms with van der Waals surface area (Å²) in [5.41, 5.74) is 7.32. The van der Waals surface area contributed by atoms with Crippen molar-refractivity contribution >= 4 is 15.7 Å². The van der Waals surface area contributed by atoms with Crippen molar-refractivity contribution < 1.29 is 8.42 Å². The van der Waals surface area contributed by atoms with Crippen LogP contribution in [0.5, 0.6) is 0 Å². The monoisotopic (exact) mass is 296 g/mol. The summed E-state index contributed by atoms with van der Waals surface area (Å²) < 4.78 is 26.7. The third-order valence-corrected chi connectivity index (χ3v) is 5.91. The second-order valence-electron chi connectivity index (χ2n) is 6.37. The average Bonchev–Trinajstić information content (AvgIpc) is 2.53. The molecule has 20 heavy (non-hydrogen) atoms. The van der Waals surface area contributed by atoms with Crippen molar-refractivity contribution in [3.8, 4) is 0 Å². The molecule has 1 aliphatic heterocycles. The van der Waals surface area contributed by atoms with E-state index >= 15 is 0 Å². The van der Waals surface area contributed by atoms with Crippen molar-refractivity contribution in [1.82, 2.24) is 4.31 Å². The highest BCUT2D eigenvalue weighted by molar-refractivity contribution is 7.88. The molecule has 0 bridgehead atoms. The second-order valence-corrected chi connectivity index (χ2v) is 8.34. The highest BCUT2D eigenvalue weighted by Gasteiger charge is 2.29. The van der Waals surface area contributed by atoms with E-state index in [-0.39, 0.29) is 11.2 Å². The molecule has 4 nitrogen and oxygen atoms in total. The quantitative estimate of drug-likeness (QED) is 0.872. The molecule has 1 aromatic carbocycles. The van der Waals surface area contributed by atoms with Crippen LogP contribution in [0.15, 0.2) is 24.3 Å². The van der Waals surface area contributed by atoms with Crippen LogP contribution in [0.25, 0.3) is 0 Å². The van der Waals surface area contributed by atoms with Crippen molar-refractivity contribution in [2.24, 2.45) is 5.41 Å². The lowest BCUT2D eigenvalue weighted by molar-refractivity contribution is 0.314. The first-order chi connectivity index (χ1) is 9.30. The minimum Gasteiger partial charge on any atom is -0.398 e. The number of para-hydroxylation sites is 1. The van der Waals surface area contributed by atoms with E-state index in [2.05, 4.69) is 13.8 Å². The van der Waals surface area contributed by atoms with Gasteiger partial charge in [-0.25, -0.2) is 12.7 Å². The Morgan fingerprint density at radius 1 is 1.20 bits per heavy atom. The predicted octanol–water partition coefficient (Wildman–Crippen LogP) is 2.61. The van der Waals surface area contributed by atoms with E-state index in [1.54, 1.807) is 16.4 Å². The van der Waals surface area contributed by atoms with Crippen LogP contribution in [-0.4, -0.2) is 25.8 Å². The molecule has 5 heteroatoms. The fraction of sp³-hybridized carbons (Fsp3) is 0.600. The average molecular weight is 296 g/mol. The number of sulfonamides is 1. The third kappa shape index (κ3) is 3.73. The normalized spacial score (nSPS) is 20.5. The molecular weight excluding hydrogens is 272 g/mol. The molecule has 0 amide bonds. The van der Waals surface area contributed by atoms with Crippen molar-refractivity contribution in [2.45, 2.75) is 38.9 Å². The van der Waals surface area contributed by atoms with Crippen LogP contribution in [0.1, 0.15) is 38.7 Å². The summed E-state index contributed by atoms with van der Waals surface area (Å²) in [6.07, 6.45) is 2.92. The van der Waals surface area contributed by atoms with Gasteiger partial charge in [0.05, 0.1) is 5.75 Å². The Hall–Kier alpha value is -1.07. The second kappa shape index (κ2) is 5.74. The Kier molecular flexibility index (Phi) is 4.39. The summed E-state index contributed by atoms with van der Waals surface area (Å²) in [6, 6.07) is 7.18. The largest absolute Gasteiger partial charge is 0.398 e. The molecule has 2 rings (SSSR count). The minimum absolute atomic E-state index is 0.000101. The maximum Gasteiger partial charge on any atom is 0.218 e. The third-order valence-electron chi connectivity index (χ3n) is 4.09. The number of rotatable bonds is 3. The molecule has 0 aromatic heterocycles. The van der Waals surface area contributed by atoms with Gasteiger partial charge in [-0.15, -0.1) is 0 Å². The Bertz CT molecular complexity index is 567. The fourth-order valence-corrected chi connectivity index (χ4v) is 4.24. The molecular formula is C15H24N2O2S. The molecule has 1 heterocycles.